The first-order chi connectivity index (χ1) is 28.5. The molecule has 3 unspecified atom stereocenters. The van der Waals surface area contributed by atoms with Crippen molar-refractivity contribution >= 4 is 49.1 Å². The van der Waals surface area contributed by atoms with E-state index < -0.39 is 10.6 Å². The quantitative estimate of drug-likeness (QED) is 0.0457. The van der Waals surface area contributed by atoms with Crippen LogP contribution >= 0.6 is 8.44 Å². The fourth-order valence-corrected chi connectivity index (χ4v) is 5.22. The lowest BCUT2D eigenvalue weighted by Gasteiger charge is -2.18. The third-order valence-corrected chi connectivity index (χ3v) is 10.5. The molecule has 11 heteroatoms. The molecule has 6 N–H and O–H groups in total. The standard InChI is InChI=1S/C17H21N2O2PS.C11H17N.C7H8.C6H13NO.C5H12.C2H6.CH3NO/c1-12-9-15(11-16(10-12)19(3)23(21)22)17(20)18-13(2)14-7-5-4-6-8-14;1-8(2)9(3)10-4-6-11(12)7-5-10;1-7-5-3-2-4-6-7;1-2-3-4-5-7-6-8;1-4-5(2)3;1-2;2-1-3/h4-11,13H,22H2,1-3H3,(H,18,20);4-9H,12H2,1-3H3;2-6H,1H3;6H,2-5H2,1H3,(H,7,8);5H,4H2,1-3H3;1-2H3;1H,(H2,2,3)/t13-,23?;;;;;;/m1....../s1. The fourth-order valence-electron chi connectivity index (χ4n) is 4.54. The number of primary amides is 1. The van der Waals surface area contributed by atoms with Gasteiger partial charge in [0.2, 0.25) is 12.8 Å². The molecule has 4 rings (SSSR count). The van der Waals surface area contributed by atoms with Gasteiger partial charge < -0.3 is 22.1 Å². The Morgan fingerprint density at radius 3 is 1.68 bits per heavy atom. The first-order valence-electron chi connectivity index (χ1n) is 21.1. The van der Waals surface area contributed by atoms with Gasteiger partial charge in [-0.05, 0) is 100 Å². The number of nitrogens with two attached hydrogens (primary N) is 2. The molecule has 0 aliphatic heterocycles. The van der Waals surface area contributed by atoms with Crippen molar-refractivity contribution in [3.05, 3.63) is 131 Å². The maximum absolute atomic E-state index is 12.5. The third-order valence-electron chi connectivity index (χ3n) is 8.83. The number of nitrogens with zero attached hydrogens (tertiary/aromatic N) is 1. The topological polar surface area (TPSA) is 148 Å². The van der Waals surface area contributed by atoms with Crippen LogP contribution in [0.4, 0.5) is 11.4 Å². The molecule has 0 saturated heterocycles. The van der Waals surface area contributed by atoms with Gasteiger partial charge in [0.1, 0.15) is 10.6 Å². The summed E-state index contributed by atoms with van der Waals surface area (Å²) in [5.41, 5.74) is 16.6. The van der Waals surface area contributed by atoms with Crippen molar-refractivity contribution in [1.29, 1.82) is 0 Å². The molecule has 0 radical (unpaired) electrons. The van der Waals surface area contributed by atoms with Crippen LogP contribution in [-0.2, 0) is 20.2 Å². The Hall–Kier alpha value is -4.53. The fraction of sp³-hybridized carbons (Fsp3) is 0.449. The largest absolute Gasteiger partial charge is 0.399 e. The normalized spacial score (nSPS) is 11.0. The van der Waals surface area contributed by atoms with Crippen LogP contribution in [0.25, 0.3) is 0 Å². The molecule has 0 heterocycles. The Morgan fingerprint density at radius 1 is 0.783 bits per heavy atom. The second-order valence-electron chi connectivity index (χ2n) is 14.5. The van der Waals surface area contributed by atoms with Gasteiger partial charge >= 0.3 is 0 Å². The lowest BCUT2D eigenvalue weighted by molar-refractivity contribution is -0.109. The Morgan fingerprint density at radius 2 is 1.28 bits per heavy atom. The number of benzene rings is 4. The van der Waals surface area contributed by atoms with E-state index >= 15 is 0 Å². The van der Waals surface area contributed by atoms with Gasteiger partial charge in [-0.1, -0.05) is 160 Å². The van der Waals surface area contributed by atoms with E-state index in [9.17, 15) is 13.8 Å². The number of nitrogen functional groups attached to an aromatic ring is 1. The SMILES string of the molecule is CC.CC(C)C(C)c1ccc(N)cc1.CCC(C)C.CCCCCNC=O.Cc1cc(C(=O)N[C@H](C)c2ccccc2)cc(N(C)S(=O)P)c1.Cc1ccccc1.NC=O. The highest BCUT2D eigenvalue weighted by molar-refractivity contribution is 8.34. The molecular weight excluding hydrogens is 786 g/mol. The van der Waals surface area contributed by atoms with Gasteiger partial charge in [0, 0.05) is 24.8 Å². The lowest BCUT2D eigenvalue weighted by atomic mass is 9.90. The number of hydrogen-bond donors (Lipinski definition) is 4. The summed E-state index contributed by atoms with van der Waals surface area (Å²) in [6.45, 7) is 26.3. The monoisotopic (exact) mass is 866 g/mol. The zero-order chi connectivity index (χ0) is 46.5. The second-order valence-corrected chi connectivity index (χ2v) is 16.8. The van der Waals surface area contributed by atoms with Crippen LogP contribution in [0.5, 0.6) is 0 Å². The highest BCUT2D eigenvalue weighted by Gasteiger charge is 2.14. The van der Waals surface area contributed by atoms with Crippen LogP contribution in [0, 0.1) is 25.7 Å². The maximum atomic E-state index is 12.5. The number of rotatable bonds is 13. The van der Waals surface area contributed by atoms with Gasteiger partial charge in [-0.15, -0.1) is 0 Å². The molecule has 0 fully saturated rings. The predicted molar refractivity (Wildman–Crippen MR) is 265 cm³/mol. The van der Waals surface area contributed by atoms with Gasteiger partial charge in [-0.2, -0.15) is 0 Å². The van der Waals surface area contributed by atoms with Crippen LogP contribution in [-0.4, -0.2) is 36.5 Å². The summed E-state index contributed by atoms with van der Waals surface area (Å²) in [7, 11) is 2.76. The summed E-state index contributed by atoms with van der Waals surface area (Å²) in [6, 6.07) is 33.6. The summed E-state index contributed by atoms with van der Waals surface area (Å²) in [5, 5.41) is 5.60. The molecule has 0 aliphatic rings. The van der Waals surface area contributed by atoms with Gasteiger partial charge in [0.15, 0.2) is 0 Å². The molecule has 0 aliphatic carbocycles. The van der Waals surface area contributed by atoms with Crippen LogP contribution < -0.4 is 26.4 Å². The summed E-state index contributed by atoms with van der Waals surface area (Å²) >= 11 is 0. The van der Waals surface area contributed by atoms with E-state index in [0.29, 0.717) is 17.4 Å². The van der Waals surface area contributed by atoms with E-state index in [1.807, 2.05) is 100 Å². The minimum Gasteiger partial charge on any atom is -0.399 e. The first-order valence-corrected chi connectivity index (χ1v) is 23.6. The van der Waals surface area contributed by atoms with Crippen LogP contribution in [0.1, 0.15) is 139 Å². The van der Waals surface area contributed by atoms with Gasteiger partial charge in [0.05, 0.1) is 11.7 Å². The molecule has 336 valence electrons. The van der Waals surface area contributed by atoms with E-state index in [-0.39, 0.29) is 18.4 Å². The summed E-state index contributed by atoms with van der Waals surface area (Å²) in [6.07, 6.45) is 5.83. The van der Waals surface area contributed by atoms with E-state index in [0.717, 1.165) is 47.8 Å². The van der Waals surface area contributed by atoms with Crippen LogP contribution in [0.15, 0.2) is 103 Å². The minimum absolute atomic E-state index is 0.0822. The Kier molecular flexibility index (Phi) is 38.5. The minimum atomic E-state index is -1.21. The molecular formula is C49H80N5O4PS. The smallest absolute Gasteiger partial charge is 0.251 e. The number of unbranched alkanes of at least 4 members (excludes halogenated alkanes) is 2. The molecule has 0 spiro atoms. The second kappa shape index (κ2) is 38.7. The highest BCUT2D eigenvalue weighted by Crippen LogP contribution is 2.24. The molecule has 4 aromatic carbocycles. The number of nitrogens with one attached hydrogen (secondary N) is 2. The van der Waals surface area contributed by atoms with E-state index in [2.05, 4.69) is 104 Å². The molecule has 0 bridgehead atoms. The number of hydrogen-bond acceptors (Lipinski definition) is 5. The van der Waals surface area contributed by atoms with Crippen molar-refractivity contribution in [2.75, 3.05) is 23.6 Å². The molecule has 0 saturated carbocycles. The first kappa shape index (κ1) is 59.8. The maximum Gasteiger partial charge on any atom is 0.251 e. The van der Waals surface area contributed by atoms with Gasteiger partial charge in [-0.3, -0.25) is 18.7 Å². The summed E-state index contributed by atoms with van der Waals surface area (Å²) < 4.78 is 13.2. The molecule has 60 heavy (non-hydrogen) atoms. The van der Waals surface area contributed by atoms with Crippen LogP contribution in [0.3, 0.4) is 0 Å². The molecule has 4 atom stereocenters. The van der Waals surface area contributed by atoms with E-state index in [1.165, 1.54) is 30.4 Å². The third kappa shape index (κ3) is 31.4. The summed E-state index contributed by atoms with van der Waals surface area (Å²) in [4.78, 5) is 30.8. The van der Waals surface area contributed by atoms with Crippen molar-refractivity contribution in [2.45, 2.75) is 121 Å². The Balaban J connectivity index is -0.000000736. The van der Waals surface area contributed by atoms with E-state index in [4.69, 9.17) is 10.5 Å². The van der Waals surface area contributed by atoms with Crippen molar-refractivity contribution in [3.63, 3.8) is 0 Å². The van der Waals surface area contributed by atoms with Gasteiger partial charge in [0.25, 0.3) is 5.91 Å². The van der Waals surface area contributed by atoms with Crippen LogP contribution in [0.2, 0.25) is 0 Å². The number of aryl methyl sites for hydroxylation is 2. The summed E-state index contributed by atoms with van der Waals surface area (Å²) in [5.74, 6) is 2.04. The highest BCUT2D eigenvalue weighted by atomic mass is 32.7. The average molecular weight is 866 g/mol. The van der Waals surface area contributed by atoms with Crippen molar-refractivity contribution in [1.82, 2.24) is 10.6 Å². The van der Waals surface area contributed by atoms with Gasteiger partial charge in [-0.25, -0.2) is 4.21 Å². The molecule has 0 aromatic heterocycles. The number of anilines is 2. The average Bonchev–Trinajstić information content (AvgIpc) is 3.24. The predicted octanol–water partition coefficient (Wildman–Crippen LogP) is 11.5. The van der Waals surface area contributed by atoms with E-state index in [1.54, 1.807) is 17.4 Å². The zero-order valence-corrected chi connectivity index (χ0v) is 41.0. The zero-order valence-electron chi connectivity index (χ0n) is 39.0. The van der Waals surface area contributed by atoms with Crippen molar-refractivity contribution in [2.24, 2.45) is 17.6 Å². The number of carbonyl (C=O) groups is 3. The molecule has 9 nitrogen and oxygen atoms in total. The Labute approximate surface area is 369 Å². The number of carbonyl (C=O) groups excluding carboxylic acids is 3. The number of amides is 3. The molecule has 3 amide bonds. The molecule has 4 aromatic rings. The lowest BCUT2D eigenvalue weighted by Crippen LogP contribution is -2.27. The Bertz CT molecular complexity index is 1660. The van der Waals surface area contributed by atoms with Crippen molar-refractivity contribution < 1.29 is 18.6 Å². The van der Waals surface area contributed by atoms with Crippen molar-refractivity contribution in [3.8, 4) is 0 Å².